The second-order valence-corrected chi connectivity index (χ2v) is 4.37. The highest BCUT2D eigenvalue weighted by Gasteiger charge is 2.12. The van der Waals surface area contributed by atoms with E-state index in [0.29, 0.717) is 0 Å². The van der Waals surface area contributed by atoms with Gasteiger partial charge in [-0.15, -0.1) is 0 Å². The van der Waals surface area contributed by atoms with E-state index in [1.807, 2.05) is 41.8 Å². The van der Waals surface area contributed by atoms with Crippen molar-refractivity contribution in [3.05, 3.63) is 54.1 Å². The first-order valence-electron chi connectivity index (χ1n) is 6.19. The van der Waals surface area contributed by atoms with E-state index in [1.165, 1.54) is 7.11 Å². The predicted molar refractivity (Wildman–Crippen MR) is 74.9 cm³/mol. The lowest BCUT2D eigenvalue weighted by atomic mass is 10.2. The molecule has 0 unspecified atom stereocenters. The van der Waals surface area contributed by atoms with Crippen molar-refractivity contribution in [3.63, 3.8) is 0 Å². The molecule has 0 aliphatic carbocycles. The van der Waals surface area contributed by atoms with Crippen LogP contribution >= 0.6 is 0 Å². The number of imidazole rings is 1. The Morgan fingerprint density at radius 3 is 2.85 bits per heavy atom. The second-order valence-electron chi connectivity index (χ2n) is 4.37. The summed E-state index contributed by atoms with van der Waals surface area (Å²) >= 11 is 0. The summed E-state index contributed by atoms with van der Waals surface area (Å²) in [5.41, 5.74) is 3.03. The molecule has 5 nitrogen and oxygen atoms in total. The number of para-hydroxylation sites is 2. The van der Waals surface area contributed by atoms with Gasteiger partial charge in [0.25, 0.3) is 0 Å². The van der Waals surface area contributed by atoms with Crippen molar-refractivity contribution in [2.24, 2.45) is 0 Å². The number of nitrogens with zero attached hydrogens (tertiary/aromatic N) is 3. The molecule has 2 aromatic heterocycles. The Morgan fingerprint density at radius 2 is 2.05 bits per heavy atom. The Hall–Kier alpha value is -2.69. The van der Waals surface area contributed by atoms with Crippen LogP contribution in [0.15, 0.2) is 42.6 Å². The van der Waals surface area contributed by atoms with Gasteiger partial charge in [0.15, 0.2) is 0 Å². The molecule has 0 aliphatic rings. The summed E-state index contributed by atoms with van der Waals surface area (Å²) in [6.45, 7) is 1.93. The minimum atomic E-state index is -0.450. The summed E-state index contributed by atoms with van der Waals surface area (Å²) in [6, 6.07) is 11.4. The molecular weight excluding hydrogens is 254 g/mol. The van der Waals surface area contributed by atoms with Gasteiger partial charge in [-0.05, 0) is 31.2 Å². The number of carbonyl (C=O) groups is 1. The summed E-state index contributed by atoms with van der Waals surface area (Å²) in [6.07, 6.45) is 1.59. The van der Waals surface area contributed by atoms with Crippen LogP contribution in [-0.4, -0.2) is 27.6 Å². The number of aryl methyl sites for hydroxylation is 1. The first-order valence-corrected chi connectivity index (χ1v) is 6.19. The number of fused-ring (bicyclic) bond motifs is 1. The SMILES string of the molecule is COC(=O)c1cc(-n2c(C)nc3ccccc32)ccn1. The fourth-order valence-corrected chi connectivity index (χ4v) is 2.25. The maximum atomic E-state index is 11.6. The average molecular weight is 267 g/mol. The third-order valence-electron chi connectivity index (χ3n) is 3.12. The van der Waals surface area contributed by atoms with Crippen molar-refractivity contribution in [2.45, 2.75) is 6.92 Å². The van der Waals surface area contributed by atoms with Gasteiger partial charge in [-0.1, -0.05) is 12.1 Å². The van der Waals surface area contributed by atoms with Gasteiger partial charge in [0.1, 0.15) is 11.5 Å². The Kier molecular flexibility index (Phi) is 2.95. The molecule has 0 N–H and O–H groups in total. The third kappa shape index (κ3) is 1.93. The van der Waals surface area contributed by atoms with Crippen molar-refractivity contribution in [3.8, 4) is 5.69 Å². The van der Waals surface area contributed by atoms with Crippen molar-refractivity contribution in [2.75, 3.05) is 7.11 Å². The fourth-order valence-electron chi connectivity index (χ4n) is 2.25. The molecule has 0 atom stereocenters. The molecule has 0 radical (unpaired) electrons. The molecule has 1 aromatic carbocycles. The van der Waals surface area contributed by atoms with Gasteiger partial charge in [-0.2, -0.15) is 0 Å². The Bertz CT molecular complexity index is 793. The number of ether oxygens (including phenoxy) is 1. The maximum Gasteiger partial charge on any atom is 0.356 e. The van der Waals surface area contributed by atoms with Crippen LogP contribution in [0.3, 0.4) is 0 Å². The summed E-state index contributed by atoms with van der Waals surface area (Å²) in [4.78, 5) is 20.1. The summed E-state index contributed by atoms with van der Waals surface area (Å²) in [5.74, 6) is 0.405. The molecule has 0 aliphatic heterocycles. The molecule has 2 heterocycles. The zero-order chi connectivity index (χ0) is 14.1. The van der Waals surface area contributed by atoms with Gasteiger partial charge < -0.3 is 4.74 Å². The smallest absolute Gasteiger partial charge is 0.356 e. The number of hydrogen-bond acceptors (Lipinski definition) is 4. The molecule has 0 fully saturated rings. The van der Waals surface area contributed by atoms with E-state index in [9.17, 15) is 4.79 Å². The number of rotatable bonds is 2. The first kappa shape index (κ1) is 12.3. The summed E-state index contributed by atoms with van der Waals surface area (Å²) < 4.78 is 6.69. The van der Waals surface area contributed by atoms with E-state index < -0.39 is 5.97 Å². The van der Waals surface area contributed by atoms with Crippen LogP contribution in [0, 0.1) is 6.92 Å². The van der Waals surface area contributed by atoms with Crippen LogP contribution in [-0.2, 0) is 4.74 Å². The molecule has 3 rings (SSSR count). The molecule has 100 valence electrons. The zero-order valence-electron chi connectivity index (χ0n) is 11.2. The Morgan fingerprint density at radius 1 is 1.25 bits per heavy atom. The highest BCUT2D eigenvalue weighted by Crippen LogP contribution is 2.21. The fraction of sp³-hybridized carbons (Fsp3) is 0.133. The van der Waals surface area contributed by atoms with Gasteiger partial charge in [0.2, 0.25) is 0 Å². The lowest BCUT2D eigenvalue weighted by Gasteiger charge is -2.07. The molecule has 0 saturated carbocycles. The number of aromatic nitrogens is 3. The van der Waals surface area contributed by atoms with Gasteiger partial charge in [-0.3, -0.25) is 4.57 Å². The summed E-state index contributed by atoms with van der Waals surface area (Å²) in [5, 5.41) is 0. The number of carbonyl (C=O) groups excluding carboxylic acids is 1. The Balaban J connectivity index is 2.21. The normalized spacial score (nSPS) is 10.7. The average Bonchev–Trinajstić information content (AvgIpc) is 2.82. The van der Waals surface area contributed by atoms with Crippen LogP contribution in [0.4, 0.5) is 0 Å². The van der Waals surface area contributed by atoms with E-state index in [0.717, 1.165) is 22.5 Å². The number of esters is 1. The van der Waals surface area contributed by atoms with Gasteiger partial charge in [-0.25, -0.2) is 14.8 Å². The first-order chi connectivity index (χ1) is 9.70. The number of pyridine rings is 1. The van der Waals surface area contributed by atoms with Crippen molar-refractivity contribution < 1.29 is 9.53 Å². The molecule has 0 spiro atoms. The van der Waals surface area contributed by atoms with E-state index in [2.05, 4.69) is 9.97 Å². The van der Waals surface area contributed by atoms with Crippen molar-refractivity contribution >= 4 is 17.0 Å². The van der Waals surface area contributed by atoms with E-state index in [-0.39, 0.29) is 5.69 Å². The quantitative estimate of drug-likeness (QED) is 0.669. The van der Waals surface area contributed by atoms with E-state index in [1.54, 1.807) is 12.3 Å². The van der Waals surface area contributed by atoms with E-state index >= 15 is 0 Å². The van der Waals surface area contributed by atoms with Crippen LogP contribution in [0.25, 0.3) is 16.7 Å². The monoisotopic (exact) mass is 267 g/mol. The maximum absolute atomic E-state index is 11.6. The minimum absolute atomic E-state index is 0.280. The van der Waals surface area contributed by atoms with Crippen LogP contribution in [0.1, 0.15) is 16.3 Å². The molecule has 0 bridgehead atoms. The standard InChI is InChI=1S/C15H13N3O2/c1-10-17-12-5-3-4-6-14(12)18(10)11-7-8-16-13(9-11)15(19)20-2/h3-9H,1-2H3. The largest absolute Gasteiger partial charge is 0.464 e. The molecular formula is C15H13N3O2. The Labute approximate surface area is 115 Å². The highest BCUT2D eigenvalue weighted by atomic mass is 16.5. The molecule has 5 heteroatoms. The third-order valence-corrected chi connectivity index (χ3v) is 3.12. The van der Waals surface area contributed by atoms with Gasteiger partial charge >= 0.3 is 5.97 Å². The number of methoxy groups -OCH3 is 1. The molecule has 3 aromatic rings. The zero-order valence-corrected chi connectivity index (χ0v) is 11.2. The topological polar surface area (TPSA) is 57.0 Å². The van der Waals surface area contributed by atoms with Crippen LogP contribution in [0.2, 0.25) is 0 Å². The predicted octanol–water partition coefficient (Wildman–Crippen LogP) is 2.52. The highest BCUT2D eigenvalue weighted by molar-refractivity contribution is 5.88. The molecule has 20 heavy (non-hydrogen) atoms. The van der Waals surface area contributed by atoms with Crippen LogP contribution in [0.5, 0.6) is 0 Å². The number of benzene rings is 1. The lowest BCUT2D eigenvalue weighted by Crippen LogP contribution is -2.06. The number of hydrogen-bond donors (Lipinski definition) is 0. The van der Waals surface area contributed by atoms with E-state index in [4.69, 9.17) is 4.74 Å². The minimum Gasteiger partial charge on any atom is -0.464 e. The van der Waals surface area contributed by atoms with Crippen molar-refractivity contribution in [1.82, 2.24) is 14.5 Å². The van der Waals surface area contributed by atoms with Crippen LogP contribution < -0.4 is 0 Å². The summed E-state index contributed by atoms with van der Waals surface area (Å²) in [7, 11) is 1.34. The second kappa shape index (κ2) is 4.77. The lowest BCUT2D eigenvalue weighted by molar-refractivity contribution is 0.0594. The molecule has 0 amide bonds. The van der Waals surface area contributed by atoms with Gasteiger partial charge in [0.05, 0.1) is 23.8 Å². The molecule has 0 saturated heterocycles. The van der Waals surface area contributed by atoms with Crippen molar-refractivity contribution in [1.29, 1.82) is 0 Å². The van der Waals surface area contributed by atoms with Gasteiger partial charge in [0, 0.05) is 6.20 Å².